The van der Waals surface area contributed by atoms with Gasteiger partial charge in [-0.2, -0.15) is 5.48 Å². The van der Waals surface area contributed by atoms with Gasteiger partial charge in [0.05, 0.1) is 59.5 Å². The first-order valence-electron chi connectivity index (χ1n) is 29.2. The fraction of sp³-hybridized carbons (Fsp3) is 0.860. The third kappa shape index (κ3) is 55.1. The summed E-state index contributed by atoms with van der Waals surface area (Å²) in [5.74, 6) is -1.67. The summed E-state index contributed by atoms with van der Waals surface area (Å²) < 4.78 is 37.8. The molecule has 0 radical (unpaired) electrons. The van der Waals surface area contributed by atoms with Crippen LogP contribution in [0.25, 0.3) is 0 Å². The molecular weight excluding hydrogens is 1020 g/mol. The van der Waals surface area contributed by atoms with Crippen molar-refractivity contribution in [1.82, 2.24) is 32.1 Å². The molecule has 0 fully saturated rings. The highest BCUT2D eigenvalue weighted by atomic mass is 16.7. The molecule has 0 saturated carbocycles. The molecule has 0 rings (SSSR count). The summed E-state index contributed by atoms with van der Waals surface area (Å²) in [5, 5.41) is 13.8. The first kappa shape index (κ1) is 74.4. The van der Waals surface area contributed by atoms with Gasteiger partial charge < -0.3 is 59.7 Å². The summed E-state index contributed by atoms with van der Waals surface area (Å²) >= 11 is 0. The van der Waals surface area contributed by atoms with Crippen molar-refractivity contribution in [3.8, 4) is 0 Å². The monoisotopic (exact) mass is 1130 g/mol. The first-order valence-corrected chi connectivity index (χ1v) is 29.2. The molecule has 6 N–H and O–H groups in total. The number of amides is 6. The lowest BCUT2D eigenvalue weighted by Gasteiger charge is -2.24. The Morgan fingerprint density at radius 2 is 0.722 bits per heavy atom. The Hall–Kier alpha value is -4.64. The summed E-state index contributed by atoms with van der Waals surface area (Å²) in [6.07, 6.45) is 18.0. The Morgan fingerprint density at radius 3 is 1.16 bits per heavy atom. The fourth-order valence-electron chi connectivity index (χ4n) is 7.39. The van der Waals surface area contributed by atoms with Gasteiger partial charge in [0.15, 0.2) is 0 Å². The van der Waals surface area contributed by atoms with E-state index in [-0.39, 0.29) is 114 Å². The molecule has 0 heterocycles. The van der Waals surface area contributed by atoms with Crippen molar-refractivity contribution < 1.29 is 76.4 Å². The van der Waals surface area contributed by atoms with Crippen molar-refractivity contribution in [3.63, 3.8) is 0 Å². The van der Waals surface area contributed by atoms with Gasteiger partial charge in [-0.3, -0.25) is 33.6 Å². The maximum Gasteiger partial charge on any atom is 0.431 e. The maximum atomic E-state index is 13.0. The molecule has 79 heavy (non-hydrogen) atoms. The van der Waals surface area contributed by atoms with E-state index in [2.05, 4.69) is 32.1 Å². The third-order valence-electron chi connectivity index (χ3n) is 11.2. The van der Waals surface area contributed by atoms with Crippen LogP contribution in [0.4, 0.5) is 4.79 Å². The van der Waals surface area contributed by atoms with Crippen LogP contribution in [0.3, 0.4) is 0 Å². The Labute approximate surface area is 473 Å². The van der Waals surface area contributed by atoms with Crippen molar-refractivity contribution in [2.75, 3.05) is 85.6 Å². The lowest BCUT2D eigenvalue weighted by molar-refractivity contribution is -0.159. The zero-order valence-corrected chi connectivity index (χ0v) is 50.1. The van der Waals surface area contributed by atoms with Crippen molar-refractivity contribution >= 4 is 47.6 Å². The minimum Gasteiger partial charge on any atom is -0.460 e. The van der Waals surface area contributed by atoms with E-state index >= 15 is 0 Å². The number of carbonyl (C=O) groups excluding carboxylic acids is 8. The molecule has 0 spiro atoms. The Kier molecular flexibility index (Phi) is 44.3. The quantitative estimate of drug-likeness (QED) is 0.0153. The zero-order chi connectivity index (χ0) is 59.1. The fourth-order valence-corrected chi connectivity index (χ4v) is 7.39. The second-order valence-electron chi connectivity index (χ2n) is 22.5. The average Bonchev–Trinajstić information content (AvgIpc) is 3.34. The summed E-state index contributed by atoms with van der Waals surface area (Å²) in [4.78, 5) is 102. The van der Waals surface area contributed by atoms with Gasteiger partial charge >= 0.3 is 18.0 Å². The van der Waals surface area contributed by atoms with E-state index in [9.17, 15) is 38.4 Å². The smallest absolute Gasteiger partial charge is 0.431 e. The van der Waals surface area contributed by atoms with Crippen LogP contribution >= 0.6 is 0 Å². The van der Waals surface area contributed by atoms with E-state index in [0.29, 0.717) is 65.0 Å². The SMILES string of the molecule is CC(C)(C)OC(=O)CCCCCCCCCCCCCCCCC(=O)NC(CCCCNC(=O)CCOCCOCCNC(=O)CCOCCOCCNC(=O)CCC(=O)NCCONC(=O)OC(C)(C)C)C(=O)OC(C)(C)C. The highest BCUT2D eigenvalue weighted by Gasteiger charge is 2.26. The summed E-state index contributed by atoms with van der Waals surface area (Å²) in [7, 11) is 0. The molecule has 0 aliphatic carbocycles. The van der Waals surface area contributed by atoms with Gasteiger partial charge in [0.2, 0.25) is 29.5 Å². The molecule has 0 aromatic rings. The van der Waals surface area contributed by atoms with Crippen molar-refractivity contribution in [2.45, 2.75) is 233 Å². The molecule has 0 saturated heterocycles. The predicted molar refractivity (Wildman–Crippen MR) is 300 cm³/mol. The van der Waals surface area contributed by atoms with Gasteiger partial charge in [0, 0.05) is 64.7 Å². The summed E-state index contributed by atoms with van der Waals surface area (Å²) in [6.45, 7) is 19.6. The Balaban J connectivity index is 3.85. The number of unbranched alkanes of at least 4 members (excludes halogenated alkanes) is 14. The number of carbonyl (C=O) groups is 8. The summed E-state index contributed by atoms with van der Waals surface area (Å²) in [5.41, 5.74) is 0.363. The van der Waals surface area contributed by atoms with E-state index in [0.717, 1.165) is 38.5 Å². The average molecular weight is 1130 g/mol. The second kappa shape index (κ2) is 47.0. The molecule has 0 aromatic carbocycles. The van der Waals surface area contributed by atoms with Crippen LogP contribution in [0.15, 0.2) is 0 Å². The standard InChI is InChI=1S/C57H106N6O16/c1-55(2,3)77-52(69)28-23-21-19-17-15-13-11-10-12-14-16-18-20-22-27-51(68)62-46(53(70)78-56(4,5)6)26-24-25-33-58-49(66)31-37-72-42-45-75-40-35-60-50(67)32-38-73-43-44-74-39-34-59-47(64)29-30-48(65)61-36-41-76-63-54(71)79-57(7,8)9/h46H,10-45H2,1-9H3,(H,58,66)(H,59,64)(H,60,67)(H,61,65)(H,62,68)(H,63,71). The van der Waals surface area contributed by atoms with Gasteiger partial charge in [-0.05, 0) is 94.4 Å². The second-order valence-corrected chi connectivity index (χ2v) is 22.5. The number of nitrogens with one attached hydrogen (secondary N) is 6. The highest BCUT2D eigenvalue weighted by molar-refractivity contribution is 5.85. The lowest BCUT2D eigenvalue weighted by Crippen LogP contribution is -2.44. The van der Waals surface area contributed by atoms with Crippen LogP contribution in [0, 0.1) is 0 Å². The van der Waals surface area contributed by atoms with Crippen LogP contribution in [-0.4, -0.2) is 156 Å². The van der Waals surface area contributed by atoms with E-state index < -0.39 is 34.9 Å². The Bertz CT molecular complexity index is 1670. The van der Waals surface area contributed by atoms with E-state index in [1.54, 1.807) is 41.5 Å². The van der Waals surface area contributed by atoms with Crippen LogP contribution in [0.1, 0.15) is 210 Å². The molecule has 22 nitrogen and oxygen atoms in total. The van der Waals surface area contributed by atoms with Gasteiger partial charge in [-0.1, -0.05) is 77.0 Å². The van der Waals surface area contributed by atoms with Gasteiger partial charge in [0.1, 0.15) is 22.8 Å². The third-order valence-corrected chi connectivity index (χ3v) is 11.2. The first-order chi connectivity index (χ1) is 37.5. The van der Waals surface area contributed by atoms with Gasteiger partial charge in [-0.15, -0.1) is 0 Å². The van der Waals surface area contributed by atoms with Crippen molar-refractivity contribution in [2.24, 2.45) is 0 Å². The molecular formula is C57H106N6O16. The topological polar surface area (TPSA) is 283 Å². The molecule has 22 heteroatoms. The number of hydrogen-bond donors (Lipinski definition) is 6. The van der Waals surface area contributed by atoms with Gasteiger partial charge in [0.25, 0.3) is 0 Å². The van der Waals surface area contributed by atoms with E-state index in [1.807, 2.05) is 20.8 Å². The zero-order valence-electron chi connectivity index (χ0n) is 50.1. The van der Waals surface area contributed by atoms with Crippen LogP contribution in [0.2, 0.25) is 0 Å². The normalized spacial score (nSPS) is 12.0. The highest BCUT2D eigenvalue weighted by Crippen LogP contribution is 2.16. The minimum atomic E-state index is -0.750. The number of ether oxygens (including phenoxy) is 7. The minimum absolute atomic E-state index is 0.00320. The largest absolute Gasteiger partial charge is 0.460 e. The van der Waals surface area contributed by atoms with Crippen molar-refractivity contribution in [1.29, 1.82) is 0 Å². The van der Waals surface area contributed by atoms with E-state index in [1.165, 1.54) is 51.4 Å². The van der Waals surface area contributed by atoms with Crippen LogP contribution in [-0.2, 0) is 71.6 Å². The lowest BCUT2D eigenvalue weighted by atomic mass is 10.0. The Morgan fingerprint density at radius 1 is 0.342 bits per heavy atom. The number of rotatable bonds is 49. The molecule has 6 amide bonds. The molecule has 0 aliphatic heterocycles. The maximum absolute atomic E-state index is 13.0. The van der Waals surface area contributed by atoms with Crippen molar-refractivity contribution in [3.05, 3.63) is 0 Å². The predicted octanol–water partition coefficient (Wildman–Crippen LogP) is 7.11. The molecule has 0 bridgehead atoms. The summed E-state index contributed by atoms with van der Waals surface area (Å²) in [6, 6.07) is -0.750. The molecule has 0 aromatic heterocycles. The van der Waals surface area contributed by atoms with Gasteiger partial charge in [-0.25, -0.2) is 9.59 Å². The molecule has 1 atom stereocenters. The van der Waals surface area contributed by atoms with Crippen LogP contribution < -0.4 is 32.1 Å². The number of hydrogen-bond acceptors (Lipinski definition) is 16. The molecule has 1 unspecified atom stereocenters. The molecule has 460 valence electrons. The number of esters is 2. The molecule has 0 aliphatic rings. The van der Waals surface area contributed by atoms with Crippen LogP contribution in [0.5, 0.6) is 0 Å². The number of hydroxylamine groups is 1. The van der Waals surface area contributed by atoms with E-state index in [4.69, 9.17) is 38.0 Å².